The first-order valence-electron chi connectivity index (χ1n) is 3.67. The highest BCUT2D eigenvalue weighted by Crippen LogP contribution is 2.22. The van der Waals surface area contributed by atoms with Gasteiger partial charge in [0.2, 0.25) is 0 Å². The van der Waals surface area contributed by atoms with Crippen LogP contribution in [0.3, 0.4) is 0 Å². The van der Waals surface area contributed by atoms with E-state index in [1.807, 2.05) is 6.07 Å². The molecule has 0 amide bonds. The van der Waals surface area contributed by atoms with E-state index in [0.29, 0.717) is 6.42 Å². The Morgan fingerprint density at radius 2 is 2.25 bits per heavy atom. The normalized spacial score (nSPS) is 12.2. The number of rotatable bonds is 3. The maximum atomic E-state index is 8.63. The van der Waals surface area contributed by atoms with Crippen LogP contribution < -0.4 is 5.73 Å². The van der Waals surface area contributed by atoms with Gasteiger partial charge in [0.1, 0.15) is 0 Å². The third kappa shape index (κ3) is 3.11. The van der Waals surface area contributed by atoms with Crippen molar-refractivity contribution in [2.45, 2.75) is 19.4 Å². The predicted octanol–water partition coefficient (Wildman–Crippen LogP) is 1.86. The van der Waals surface area contributed by atoms with Crippen LogP contribution in [-0.4, -0.2) is 11.7 Å². The molecular formula is C8H14ClNOS. The molecule has 0 fully saturated rings. The second-order valence-corrected chi connectivity index (χ2v) is 3.89. The van der Waals surface area contributed by atoms with E-state index >= 15 is 0 Å². The first-order chi connectivity index (χ1) is 5.24. The highest BCUT2D eigenvalue weighted by Gasteiger charge is 2.06. The Bertz CT molecular complexity index is 227. The van der Waals surface area contributed by atoms with Gasteiger partial charge in [-0.2, -0.15) is 0 Å². The van der Waals surface area contributed by atoms with Crippen molar-refractivity contribution in [3.8, 4) is 0 Å². The molecule has 1 rings (SSSR count). The quantitative estimate of drug-likeness (QED) is 0.795. The molecule has 70 valence electrons. The van der Waals surface area contributed by atoms with Crippen molar-refractivity contribution < 1.29 is 5.11 Å². The summed E-state index contributed by atoms with van der Waals surface area (Å²) in [6.07, 6.45) is 0.653. The van der Waals surface area contributed by atoms with Crippen molar-refractivity contribution in [3.05, 3.63) is 21.9 Å². The van der Waals surface area contributed by atoms with Gasteiger partial charge < -0.3 is 10.8 Å². The molecule has 0 saturated heterocycles. The zero-order valence-electron chi connectivity index (χ0n) is 6.99. The van der Waals surface area contributed by atoms with Crippen molar-refractivity contribution >= 4 is 23.7 Å². The van der Waals surface area contributed by atoms with Gasteiger partial charge in [0.05, 0.1) is 0 Å². The molecule has 12 heavy (non-hydrogen) atoms. The summed E-state index contributed by atoms with van der Waals surface area (Å²) in [4.78, 5) is 2.44. The molecule has 0 spiro atoms. The number of aliphatic hydroxyl groups is 1. The Morgan fingerprint density at radius 3 is 2.67 bits per heavy atom. The number of hydrogen-bond donors (Lipinski definition) is 2. The van der Waals surface area contributed by atoms with Gasteiger partial charge in [0.25, 0.3) is 0 Å². The summed E-state index contributed by atoms with van der Waals surface area (Å²) in [7, 11) is 0. The Morgan fingerprint density at radius 1 is 1.58 bits per heavy atom. The predicted molar refractivity (Wildman–Crippen MR) is 54.9 cm³/mol. The summed E-state index contributed by atoms with van der Waals surface area (Å²) >= 11 is 1.70. The molecule has 0 radical (unpaired) electrons. The number of aryl methyl sites for hydroxylation is 1. The molecule has 4 heteroatoms. The van der Waals surface area contributed by atoms with E-state index in [9.17, 15) is 0 Å². The molecule has 0 aliphatic heterocycles. The molecule has 0 aliphatic rings. The Balaban J connectivity index is 0.00000121. The zero-order chi connectivity index (χ0) is 8.27. The van der Waals surface area contributed by atoms with Gasteiger partial charge in [-0.25, -0.2) is 0 Å². The molecule has 0 unspecified atom stereocenters. The molecule has 1 aromatic rings. The first-order valence-corrected chi connectivity index (χ1v) is 4.48. The van der Waals surface area contributed by atoms with Crippen molar-refractivity contribution in [1.82, 2.24) is 0 Å². The number of halogens is 1. The Kier molecular flexibility index (Phi) is 5.50. The molecule has 1 atom stereocenters. The SMILES string of the molecule is Cc1ccc([C@@H](N)CCO)s1.Cl. The van der Waals surface area contributed by atoms with Gasteiger partial charge in [-0.05, 0) is 25.5 Å². The fourth-order valence-electron chi connectivity index (χ4n) is 0.934. The molecule has 2 nitrogen and oxygen atoms in total. The highest BCUT2D eigenvalue weighted by atomic mass is 35.5. The fraction of sp³-hybridized carbons (Fsp3) is 0.500. The van der Waals surface area contributed by atoms with Gasteiger partial charge in [-0.15, -0.1) is 23.7 Å². The molecule has 0 saturated carbocycles. The van der Waals surface area contributed by atoms with Crippen LogP contribution in [0.1, 0.15) is 22.2 Å². The van der Waals surface area contributed by atoms with Crippen molar-refractivity contribution in [3.63, 3.8) is 0 Å². The van der Waals surface area contributed by atoms with Gasteiger partial charge >= 0.3 is 0 Å². The average molecular weight is 208 g/mol. The van der Waals surface area contributed by atoms with Crippen molar-refractivity contribution in [2.24, 2.45) is 5.73 Å². The minimum atomic E-state index is 0. The lowest BCUT2D eigenvalue weighted by molar-refractivity contribution is 0.277. The lowest BCUT2D eigenvalue weighted by Crippen LogP contribution is -2.09. The number of thiophene rings is 1. The van der Waals surface area contributed by atoms with Crippen LogP contribution in [0.2, 0.25) is 0 Å². The number of aliphatic hydroxyl groups excluding tert-OH is 1. The first kappa shape index (κ1) is 11.9. The molecular weight excluding hydrogens is 194 g/mol. The molecule has 0 aliphatic carbocycles. The minimum Gasteiger partial charge on any atom is -0.396 e. The Labute approximate surface area is 82.8 Å². The van der Waals surface area contributed by atoms with E-state index in [0.717, 1.165) is 4.88 Å². The number of nitrogens with two attached hydrogens (primary N) is 1. The smallest absolute Gasteiger partial charge is 0.0449 e. The summed E-state index contributed by atoms with van der Waals surface area (Å²) < 4.78 is 0. The lowest BCUT2D eigenvalue weighted by Gasteiger charge is -2.05. The van der Waals surface area contributed by atoms with Gasteiger partial charge in [-0.1, -0.05) is 0 Å². The van der Waals surface area contributed by atoms with E-state index in [2.05, 4.69) is 13.0 Å². The van der Waals surface area contributed by atoms with Crippen molar-refractivity contribution in [1.29, 1.82) is 0 Å². The zero-order valence-corrected chi connectivity index (χ0v) is 8.62. The van der Waals surface area contributed by atoms with Crippen LogP contribution >= 0.6 is 23.7 Å². The fourth-order valence-corrected chi connectivity index (χ4v) is 1.85. The van der Waals surface area contributed by atoms with Crippen LogP contribution in [0, 0.1) is 6.92 Å². The van der Waals surface area contributed by atoms with Gasteiger partial charge in [0.15, 0.2) is 0 Å². The van der Waals surface area contributed by atoms with E-state index in [1.54, 1.807) is 11.3 Å². The summed E-state index contributed by atoms with van der Waals surface area (Å²) in [6.45, 7) is 2.22. The lowest BCUT2D eigenvalue weighted by atomic mass is 10.2. The largest absolute Gasteiger partial charge is 0.396 e. The average Bonchev–Trinajstić information content (AvgIpc) is 2.36. The molecule has 3 N–H and O–H groups in total. The van der Waals surface area contributed by atoms with Crippen LogP contribution in [0.5, 0.6) is 0 Å². The van der Waals surface area contributed by atoms with Gasteiger partial charge in [0, 0.05) is 22.4 Å². The third-order valence-corrected chi connectivity index (χ3v) is 2.70. The maximum absolute atomic E-state index is 8.63. The maximum Gasteiger partial charge on any atom is 0.0449 e. The topological polar surface area (TPSA) is 46.2 Å². The molecule has 1 aromatic heterocycles. The highest BCUT2D eigenvalue weighted by molar-refractivity contribution is 7.12. The summed E-state index contributed by atoms with van der Waals surface area (Å²) in [6, 6.07) is 4.09. The monoisotopic (exact) mass is 207 g/mol. The molecule has 1 heterocycles. The van der Waals surface area contributed by atoms with E-state index < -0.39 is 0 Å². The third-order valence-electron chi connectivity index (χ3n) is 1.57. The molecule has 0 bridgehead atoms. The van der Waals surface area contributed by atoms with E-state index in [4.69, 9.17) is 10.8 Å². The number of hydrogen-bond acceptors (Lipinski definition) is 3. The van der Waals surface area contributed by atoms with Crippen LogP contribution in [0.15, 0.2) is 12.1 Å². The second-order valence-electron chi connectivity index (χ2n) is 2.57. The van der Waals surface area contributed by atoms with Crippen molar-refractivity contribution in [2.75, 3.05) is 6.61 Å². The van der Waals surface area contributed by atoms with Crippen LogP contribution in [0.25, 0.3) is 0 Å². The molecule has 0 aromatic carbocycles. The second kappa shape index (κ2) is 5.54. The standard InChI is InChI=1S/C8H13NOS.ClH/c1-6-2-3-8(11-6)7(9)4-5-10;/h2-3,7,10H,4-5,9H2,1H3;1H/t7-;/m0./s1. The summed E-state index contributed by atoms with van der Waals surface area (Å²) in [5, 5.41) is 8.63. The van der Waals surface area contributed by atoms with Crippen LogP contribution in [0.4, 0.5) is 0 Å². The Hall–Kier alpha value is -0.0900. The van der Waals surface area contributed by atoms with Crippen LogP contribution in [-0.2, 0) is 0 Å². The summed E-state index contributed by atoms with van der Waals surface area (Å²) in [5.74, 6) is 0. The van der Waals surface area contributed by atoms with E-state index in [1.165, 1.54) is 4.88 Å². The minimum absolute atomic E-state index is 0. The van der Waals surface area contributed by atoms with Gasteiger partial charge in [-0.3, -0.25) is 0 Å². The summed E-state index contributed by atoms with van der Waals surface area (Å²) in [5.41, 5.74) is 5.77. The van der Waals surface area contributed by atoms with E-state index in [-0.39, 0.29) is 25.1 Å².